The second kappa shape index (κ2) is 10.1. The number of halogens is 1. The fourth-order valence-corrected chi connectivity index (χ4v) is 3.93. The Hall–Kier alpha value is -3.73. The summed E-state index contributed by atoms with van der Waals surface area (Å²) >= 11 is 1.39. The van der Waals surface area contributed by atoms with Gasteiger partial charge in [-0.2, -0.15) is 0 Å². The van der Waals surface area contributed by atoms with Crippen molar-refractivity contribution >= 4 is 35.0 Å². The van der Waals surface area contributed by atoms with Gasteiger partial charge in [0.25, 0.3) is 11.6 Å². The summed E-state index contributed by atoms with van der Waals surface area (Å²) in [5.74, 6) is -1.20. The van der Waals surface area contributed by atoms with E-state index < -0.39 is 29.2 Å². The van der Waals surface area contributed by atoms with Crippen LogP contribution in [0.1, 0.15) is 27.4 Å². The molecule has 0 spiro atoms. The van der Waals surface area contributed by atoms with Crippen LogP contribution in [0, 0.1) is 29.8 Å². The molecule has 2 aromatic carbocycles. The number of benzene rings is 2. The van der Waals surface area contributed by atoms with Gasteiger partial charge in [0.2, 0.25) is 0 Å². The molecule has 0 aliphatic rings. The lowest BCUT2D eigenvalue weighted by molar-refractivity contribution is -0.384. The van der Waals surface area contributed by atoms with E-state index >= 15 is 0 Å². The highest BCUT2D eigenvalue weighted by atomic mass is 32.2. The van der Waals surface area contributed by atoms with Crippen LogP contribution in [-0.2, 0) is 15.3 Å². The van der Waals surface area contributed by atoms with Gasteiger partial charge in [-0.15, -0.1) is 11.8 Å². The lowest BCUT2D eigenvalue weighted by Gasteiger charge is -2.10. The van der Waals surface area contributed by atoms with Crippen LogP contribution in [-0.4, -0.2) is 28.6 Å². The zero-order chi connectivity index (χ0) is 23.3. The first-order chi connectivity index (χ1) is 15.3. The molecule has 166 valence electrons. The number of carbonyl (C=O) groups excluding carboxylic acids is 2. The number of non-ortho nitro benzene ring substituents is 1. The lowest BCUT2D eigenvalue weighted by Crippen LogP contribution is -2.21. The number of nitrogens with zero attached hydrogens (tertiary/aromatic N) is 2. The lowest BCUT2D eigenvalue weighted by atomic mass is 10.2. The average Bonchev–Trinajstić information content (AvgIpc) is 3.09. The number of nitro groups is 1. The molecule has 32 heavy (non-hydrogen) atoms. The molecular formula is C21H18FN3O6S. The van der Waals surface area contributed by atoms with Crippen LogP contribution in [0.5, 0.6) is 0 Å². The Morgan fingerprint density at radius 2 is 2.00 bits per heavy atom. The molecule has 0 aliphatic carbocycles. The number of hydrogen-bond donors (Lipinski definition) is 1. The fraction of sp³-hybridized carbons (Fsp3) is 0.190. The molecule has 1 heterocycles. The number of thioether (sulfide) groups is 1. The van der Waals surface area contributed by atoms with Crippen molar-refractivity contribution in [2.24, 2.45) is 0 Å². The van der Waals surface area contributed by atoms with Gasteiger partial charge >= 0.3 is 5.97 Å². The summed E-state index contributed by atoms with van der Waals surface area (Å²) in [5, 5.41) is 16.9. The highest BCUT2D eigenvalue weighted by Crippen LogP contribution is 2.29. The van der Waals surface area contributed by atoms with E-state index in [1.165, 1.54) is 11.8 Å². The smallest absolute Gasteiger partial charge is 0.339 e. The second-order valence-corrected chi connectivity index (χ2v) is 7.65. The van der Waals surface area contributed by atoms with Crippen molar-refractivity contribution in [3.63, 3.8) is 0 Å². The molecule has 0 saturated heterocycles. The average molecular weight is 459 g/mol. The van der Waals surface area contributed by atoms with Crippen LogP contribution >= 0.6 is 11.8 Å². The Morgan fingerprint density at radius 1 is 1.25 bits per heavy atom. The van der Waals surface area contributed by atoms with Gasteiger partial charge in [-0.05, 0) is 32.0 Å². The summed E-state index contributed by atoms with van der Waals surface area (Å²) in [6, 6.07) is 9.47. The van der Waals surface area contributed by atoms with Gasteiger partial charge in [0, 0.05) is 28.3 Å². The van der Waals surface area contributed by atoms with Crippen LogP contribution in [0.4, 0.5) is 15.8 Å². The Bertz CT molecular complexity index is 1160. The molecule has 1 amide bonds. The van der Waals surface area contributed by atoms with Crippen LogP contribution < -0.4 is 5.32 Å². The van der Waals surface area contributed by atoms with E-state index in [9.17, 15) is 24.1 Å². The molecule has 1 N–H and O–H groups in total. The molecule has 11 heteroatoms. The van der Waals surface area contributed by atoms with Crippen molar-refractivity contribution in [1.82, 2.24) is 5.16 Å². The number of carbonyl (C=O) groups is 2. The number of anilines is 1. The van der Waals surface area contributed by atoms with Crippen LogP contribution in [0.2, 0.25) is 0 Å². The monoisotopic (exact) mass is 459 g/mol. The van der Waals surface area contributed by atoms with Crippen molar-refractivity contribution < 1.29 is 28.2 Å². The minimum Gasteiger partial charge on any atom is -0.452 e. The number of esters is 1. The van der Waals surface area contributed by atoms with Gasteiger partial charge in [-0.3, -0.25) is 14.9 Å². The van der Waals surface area contributed by atoms with Crippen LogP contribution in [0.15, 0.2) is 51.9 Å². The standard InChI is InChI=1S/C21H18FN3O6S/c1-12-16(13(2)31-24-12)11-32-19-6-4-3-5-15(19)21(27)30-10-20(26)23-18-9-14(25(28)29)7-8-17(18)22/h3-9H,10-11H2,1-2H3,(H,23,26). The maximum atomic E-state index is 13.8. The number of ether oxygens (including phenoxy) is 1. The highest BCUT2D eigenvalue weighted by molar-refractivity contribution is 7.98. The number of amides is 1. The van der Waals surface area contributed by atoms with E-state index in [2.05, 4.69) is 10.5 Å². The Kier molecular flexibility index (Phi) is 7.21. The molecule has 0 saturated carbocycles. The molecule has 0 aliphatic heterocycles. The van der Waals surface area contributed by atoms with Crippen molar-refractivity contribution in [1.29, 1.82) is 0 Å². The molecule has 0 unspecified atom stereocenters. The van der Waals surface area contributed by atoms with E-state index in [-0.39, 0.29) is 16.9 Å². The summed E-state index contributed by atoms with van der Waals surface area (Å²) in [6.45, 7) is 2.94. The zero-order valence-corrected chi connectivity index (χ0v) is 17.9. The van der Waals surface area contributed by atoms with Gasteiger partial charge in [-0.25, -0.2) is 9.18 Å². The molecule has 1 aromatic heterocycles. The molecule has 9 nitrogen and oxygen atoms in total. The molecule has 3 rings (SSSR count). The molecule has 3 aromatic rings. The number of nitro benzene ring substituents is 1. The zero-order valence-electron chi connectivity index (χ0n) is 17.1. The van der Waals surface area contributed by atoms with E-state index in [0.29, 0.717) is 16.4 Å². The van der Waals surface area contributed by atoms with E-state index in [1.807, 2.05) is 6.92 Å². The summed E-state index contributed by atoms with van der Waals surface area (Å²) in [6.07, 6.45) is 0. The Labute approximate surface area is 186 Å². The van der Waals surface area contributed by atoms with Crippen LogP contribution in [0.25, 0.3) is 0 Å². The summed E-state index contributed by atoms with van der Waals surface area (Å²) in [4.78, 5) is 35.3. The molecule has 0 atom stereocenters. The van der Waals surface area contributed by atoms with Crippen molar-refractivity contribution in [3.8, 4) is 0 Å². The van der Waals surface area contributed by atoms with E-state index in [1.54, 1.807) is 31.2 Å². The maximum absolute atomic E-state index is 13.8. The highest BCUT2D eigenvalue weighted by Gasteiger charge is 2.18. The quantitative estimate of drug-likeness (QED) is 0.227. The number of rotatable bonds is 8. The predicted molar refractivity (Wildman–Crippen MR) is 114 cm³/mol. The van der Waals surface area contributed by atoms with Gasteiger partial charge in [0.1, 0.15) is 11.6 Å². The number of nitrogens with one attached hydrogen (secondary N) is 1. The van der Waals surface area contributed by atoms with E-state index in [4.69, 9.17) is 9.26 Å². The third-order valence-electron chi connectivity index (χ3n) is 4.43. The normalized spacial score (nSPS) is 10.6. The SMILES string of the molecule is Cc1noc(C)c1CSc1ccccc1C(=O)OCC(=O)Nc1cc([N+](=O)[O-])ccc1F. The largest absolute Gasteiger partial charge is 0.452 e. The van der Waals surface area contributed by atoms with E-state index in [0.717, 1.165) is 29.5 Å². The number of aryl methyl sites for hydroxylation is 2. The Morgan fingerprint density at radius 3 is 2.69 bits per heavy atom. The fourth-order valence-electron chi connectivity index (χ4n) is 2.74. The van der Waals surface area contributed by atoms with Crippen molar-refractivity contribution in [2.45, 2.75) is 24.5 Å². The summed E-state index contributed by atoms with van der Waals surface area (Å²) < 4.78 is 24.0. The minimum atomic E-state index is -0.851. The predicted octanol–water partition coefficient (Wildman–Crippen LogP) is 4.43. The maximum Gasteiger partial charge on any atom is 0.339 e. The number of aromatic nitrogens is 1. The first-order valence-electron chi connectivity index (χ1n) is 9.30. The molecule has 0 bridgehead atoms. The first kappa shape index (κ1) is 22.9. The molecular weight excluding hydrogens is 441 g/mol. The van der Waals surface area contributed by atoms with Gasteiger partial charge in [0.15, 0.2) is 6.61 Å². The summed E-state index contributed by atoms with van der Waals surface area (Å²) in [7, 11) is 0. The third-order valence-corrected chi connectivity index (χ3v) is 5.53. The summed E-state index contributed by atoms with van der Waals surface area (Å²) in [5.41, 5.74) is 1.19. The van der Waals surface area contributed by atoms with Gasteiger partial charge in [-0.1, -0.05) is 17.3 Å². The van der Waals surface area contributed by atoms with Crippen molar-refractivity contribution in [2.75, 3.05) is 11.9 Å². The minimum absolute atomic E-state index is 0.263. The number of hydrogen-bond acceptors (Lipinski definition) is 8. The molecule has 0 fully saturated rings. The van der Waals surface area contributed by atoms with Crippen LogP contribution in [0.3, 0.4) is 0 Å². The van der Waals surface area contributed by atoms with Gasteiger partial charge in [0.05, 0.1) is 21.9 Å². The Balaban J connectivity index is 1.62. The molecule has 0 radical (unpaired) electrons. The topological polar surface area (TPSA) is 125 Å². The van der Waals surface area contributed by atoms with Crippen molar-refractivity contribution in [3.05, 3.63) is 81.0 Å². The first-order valence-corrected chi connectivity index (χ1v) is 10.3. The third kappa shape index (κ3) is 5.49. The van der Waals surface area contributed by atoms with Gasteiger partial charge < -0.3 is 14.6 Å². The second-order valence-electron chi connectivity index (χ2n) is 6.63.